The smallest absolute Gasteiger partial charge is 0.240 e. The first-order valence-electron chi connectivity index (χ1n) is 4.87. The van der Waals surface area contributed by atoms with Crippen LogP contribution in [0.5, 0.6) is 0 Å². The van der Waals surface area contributed by atoms with Crippen LogP contribution in [0.25, 0.3) is 0 Å². The van der Waals surface area contributed by atoms with E-state index in [0.717, 1.165) is 0 Å². The van der Waals surface area contributed by atoms with Crippen LogP contribution in [0.15, 0.2) is 23.1 Å². The lowest BCUT2D eigenvalue weighted by Crippen LogP contribution is -2.34. The summed E-state index contributed by atoms with van der Waals surface area (Å²) in [7, 11) is -1.33. The van der Waals surface area contributed by atoms with E-state index in [9.17, 15) is 13.8 Å². The molecule has 0 aromatic heterocycles. The van der Waals surface area contributed by atoms with Crippen LogP contribution in [0.2, 0.25) is 0 Å². The number of rotatable bonds is 1. The molecule has 1 N–H and O–H groups in total. The first kappa shape index (κ1) is 11.0. The number of anilines is 1. The van der Waals surface area contributed by atoms with Crippen molar-refractivity contribution in [3.63, 3.8) is 0 Å². The molecule has 2 unspecified atom stereocenters. The average Bonchev–Trinajstić information content (AvgIpc) is 2.25. The predicted octanol–water partition coefficient (Wildman–Crippen LogP) is 1.34. The van der Waals surface area contributed by atoms with Crippen molar-refractivity contribution in [1.29, 1.82) is 0 Å². The Morgan fingerprint density at radius 3 is 2.75 bits per heavy atom. The van der Waals surface area contributed by atoms with E-state index >= 15 is 0 Å². The van der Waals surface area contributed by atoms with Crippen molar-refractivity contribution >= 4 is 28.2 Å². The van der Waals surface area contributed by atoms with Gasteiger partial charge < -0.3 is 5.32 Å². The fourth-order valence-corrected chi connectivity index (χ4v) is 2.71. The van der Waals surface area contributed by atoms with Crippen molar-refractivity contribution in [2.75, 3.05) is 5.32 Å². The van der Waals surface area contributed by atoms with E-state index in [1.54, 1.807) is 25.1 Å². The SMILES string of the molecule is CC(=O)c1ccc2c(c1)NC(=O)C(C)S2=O. The van der Waals surface area contributed by atoms with E-state index in [-0.39, 0.29) is 11.7 Å². The van der Waals surface area contributed by atoms with Crippen LogP contribution in [-0.4, -0.2) is 21.1 Å². The molecule has 0 fully saturated rings. The van der Waals surface area contributed by atoms with Crippen LogP contribution in [0.4, 0.5) is 5.69 Å². The largest absolute Gasteiger partial charge is 0.324 e. The maximum Gasteiger partial charge on any atom is 0.240 e. The highest BCUT2D eigenvalue weighted by molar-refractivity contribution is 7.86. The number of hydrogen-bond donors (Lipinski definition) is 1. The van der Waals surface area contributed by atoms with E-state index in [1.165, 1.54) is 6.92 Å². The lowest BCUT2D eigenvalue weighted by molar-refractivity contribution is -0.115. The molecule has 1 amide bonds. The van der Waals surface area contributed by atoms with Gasteiger partial charge in [0.15, 0.2) is 5.78 Å². The number of Topliss-reactive ketones (excluding diaryl/α,β-unsaturated/α-hetero) is 1. The number of hydrogen-bond acceptors (Lipinski definition) is 3. The standard InChI is InChI=1S/C11H11NO3S/c1-6(13)8-3-4-10-9(5-8)12-11(14)7(2)16(10)15/h3-5,7H,1-2H3,(H,12,14). The highest BCUT2D eigenvalue weighted by atomic mass is 32.2. The molecule has 0 spiro atoms. The number of ketones is 1. The van der Waals surface area contributed by atoms with Crippen LogP contribution in [0.1, 0.15) is 24.2 Å². The molecule has 16 heavy (non-hydrogen) atoms. The molecular formula is C11H11NO3S. The van der Waals surface area contributed by atoms with Crippen LogP contribution in [0.3, 0.4) is 0 Å². The van der Waals surface area contributed by atoms with E-state index in [1.807, 2.05) is 0 Å². The van der Waals surface area contributed by atoms with E-state index in [4.69, 9.17) is 0 Å². The zero-order valence-electron chi connectivity index (χ0n) is 8.94. The van der Waals surface area contributed by atoms with Gasteiger partial charge in [0.25, 0.3) is 0 Å². The highest BCUT2D eigenvalue weighted by Gasteiger charge is 2.29. The molecule has 84 valence electrons. The fourth-order valence-electron chi connectivity index (χ4n) is 1.54. The van der Waals surface area contributed by atoms with Gasteiger partial charge in [-0.3, -0.25) is 13.8 Å². The van der Waals surface area contributed by atoms with Gasteiger partial charge in [0.1, 0.15) is 5.25 Å². The Balaban J connectivity index is 2.53. The second-order valence-electron chi connectivity index (χ2n) is 3.70. The van der Waals surface area contributed by atoms with Crippen LogP contribution in [0, 0.1) is 0 Å². The van der Waals surface area contributed by atoms with Crippen molar-refractivity contribution in [3.05, 3.63) is 23.8 Å². The number of carbonyl (C=O) groups is 2. The van der Waals surface area contributed by atoms with Gasteiger partial charge in [-0.1, -0.05) is 6.07 Å². The first-order chi connectivity index (χ1) is 7.50. The van der Waals surface area contributed by atoms with Crippen LogP contribution in [-0.2, 0) is 15.6 Å². The molecule has 2 rings (SSSR count). The highest BCUT2D eigenvalue weighted by Crippen LogP contribution is 2.28. The van der Waals surface area contributed by atoms with Crippen molar-refractivity contribution in [2.24, 2.45) is 0 Å². The number of benzene rings is 1. The van der Waals surface area contributed by atoms with Gasteiger partial charge in [0.2, 0.25) is 5.91 Å². The molecule has 2 atom stereocenters. The van der Waals surface area contributed by atoms with Gasteiger partial charge in [-0.15, -0.1) is 0 Å². The summed E-state index contributed by atoms with van der Waals surface area (Å²) < 4.78 is 11.9. The zero-order chi connectivity index (χ0) is 11.9. The Kier molecular flexibility index (Phi) is 2.63. The molecule has 1 aromatic carbocycles. The van der Waals surface area contributed by atoms with E-state index in [2.05, 4.69) is 5.32 Å². The third kappa shape index (κ3) is 1.67. The fraction of sp³-hybridized carbons (Fsp3) is 0.273. The van der Waals surface area contributed by atoms with E-state index in [0.29, 0.717) is 16.1 Å². The molecule has 5 heteroatoms. The quantitative estimate of drug-likeness (QED) is 0.750. The average molecular weight is 237 g/mol. The molecule has 1 heterocycles. The van der Waals surface area contributed by atoms with Gasteiger partial charge in [-0.2, -0.15) is 0 Å². The summed E-state index contributed by atoms with van der Waals surface area (Å²) in [6.45, 7) is 3.07. The van der Waals surface area contributed by atoms with Crippen molar-refractivity contribution in [1.82, 2.24) is 0 Å². The molecule has 0 saturated heterocycles. The maximum atomic E-state index is 11.9. The Hall–Kier alpha value is -1.49. The first-order valence-corrected chi connectivity index (χ1v) is 6.08. The normalized spacial score (nSPS) is 23.5. The summed E-state index contributed by atoms with van der Waals surface area (Å²) in [4.78, 5) is 23.2. The minimum absolute atomic E-state index is 0.0820. The molecule has 0 aliphatic carbocycles. The van der Waals surface area contributed by atoms with Gasteiger partial charge in [0.05, 0.1) is 21.4 Å². The molecule has 1 aromatic rings. The summed E-state index contributed by atoms with van der Waals surface area (Å²) in [6.07, 6.45) is 0. The Labute approximate surface area is 95.5 Å². The molecule has 1 aliphatic heterocycles. The van der Waals surface area contributed by atoms with Gasteiger partial charge >= 0.3 is 0 Å². The number of amides is 1. The van der Waals surface area contributed by atoms with Gasteiger partial charge in [-0.25, -0.2) is 0 Å². The van der Waals surface area contributed by atoms with Crippen molar-refractivity contribution < 1.29 is 13.8 Å². The monoisotopic (exact) mass is 237 g/mol. The second-order valence-corrected chi connectivity index (χ2v) is 5.44. The molecular weight excluding hydrogens is 226 g/mol. The summed E-state index contributed by atoms with van der Waals surface area (Å²) in [5.41, 5.74) is 0.986. The molecule has 0 bridgehead atoms. The lowest BCUT2D eigenvalue weighted by Gasteiger charge is -2.21. The maximum absolute atomic E-state index is 11.9. The second kappa shape index (κ2) is 3.83. The minimum atomic E-state index is -1.33. The summed E-state index contributed by atoms with van der Waals surface area (Å²) in [5.74, 6) is -0.354. The third-order valence-electron chi connectivity index (χ3n) is 2.55. The topological polar surface area (TPSA) is 63.2 Å². The molecule has 0 radical (unpaired) electrons. The Morgan fingerprint density at radius 2 is 2.12 bits per heavy atom. The van der Waals surface area contributed by atoms with Crippen LogP contribution >= 0.6 is 0 Å². The van der Waals surface area contributed by atoms with Gasteiger partial charge in [0, 0.05) is 5.56 Å². The van der Waals surface area contributed by atoms with E-state index < -0.39 is 16.0 Å². The summed E-state index contributed by atoms with van der Waals surface area (Å²) in [6, 6.07) is 4.83. The number of carbonyl (C=O) groups excluding carboxylic acids is 2. The van der Waals surface area contributed by atoms with Gasteiger partial charge in [-0.05, 0) is 26.0 Å². The third-order valence-corrected chi connectivity index (χ3v) is 4.20. The molecule has 4 nitrogen and oxygen atoms in total. The summed E-state index contributed by atoms with van der Waals surface area (Å²) in [5, 5.41) is 2.11. The minimum Gasteiger partial charge on any atom is -0.324 e. The Morgan fingerprint density at radius 1 is 1.44 bits per heavy atom. The van der Waals surface area contributed by atoms with Crippen molar-refractivity contribution in [2.45, 2.75) is 24.0 Å². The lowest BCUT2D eigenvalue weighted by atomic mass is 10.1. The number of nitrogens with one attached hydrogen (secondary N) is 1. The zero-order valence-corrected chi connectivity index (χ0v) is 9.76. The number of fused-ring (bicyclic) bond motifs is 1. The molecule has 1 aliphatic rings. The molecule has 0 saturated carbocycles. The van der Waals surface area contributed by atoms with Crippen LogP contribution < -0.4 is 5.32 Å². The predicted molar refractivity (Wildman–Crippen MR) is 60.9 cm³/mol. The van der Waals surface area contributed by atoms with Crippen molar-refractivity contribution in [3.8, 4) is 0 Å². The Bertz CT molecular complexity index is 510. The summed E-state index contributed by atoms with van der Waals surface area (Å²) >= 11 is 0.